The van der Waals surface area contributed by atoms with Crippen molar-refractivity contribution in [2.24, 2.45) is 0 Å². The molecule has 2 N–H and O–H groups in total. The summed E-state index contributed by atoms with van der Waals surface area (Å²) in [5.74, 6) is 0. The Hall–Kier alpha value is -1.56. The Bertz CT molecular complexity index is 729. The lowest BCUT2D eigenvalue weighted by atomic mass is 10.2. The molecule has 0 heterocycles. The van der Waals surface area contributed by atoms with Gasteiger partial charge in [-0.05, 0) is 48.4 Å². The van der Waals surface area contributed by atoms with Gasteiger partial charge in [0.25, 0.3) is 10.0 Å². The minimum absolute atomic E-state index is 0.0625. The van der Waals surface area contributed by atoms with E-state index in [-0.39, 0.29) is 11.5 Å². The largest absolute Gasteiger partial charge is 0.392 e. The van der Waals surface area contributed by atoms with Gasteiger partial charge in [0.1, 0.15) is 0 Å². The van der Waals surface area contributed by atoms with Gasteiger partial charge >= 0.3 is 0 Å². The highest BCUT2D eigenvalue weighted by molar-refractivity contribution is 7.92. The summed E-state index contributed by atoms with van der Waals surface area (Å²) >= 11 is 5.85. The summed E-state index contributed by atoms with van der Waals surface area (Å²) in [6, 6.07) is 11.3. The van der Waals surface area contributed by atoms with Crippen molar-refractivity contribution in [1.82, 2.24) is 0 Å². The van der Waals surface area contributed by atoms with Crippen LogP contribution in [0, 0.1) is 6.92 Å². The third kappa shape index (κ3) is 3.30. The van der Waals surface area contributed by atoms with Gasteiger partial charge in [-0.3, -0.25) is 4.72 Å². The Kier molecular flexibility index (Phi) is 4.32. The quantitative estimate of drug-likeness (QED) is 0.912. The van der Waals surface area contributed by atoms with E-state index in [1.54, 1.807) is 18.2 Å². The first-order valence-electron chi connectivity index (χ1n) is 5.91. The van der Waals surface area contributed by atoms with Gasteiger partial charge in [-0.25, -0.2) is 8.42 Å². The van der Waals surface area contributed by atoms with Crippen molar-refractivity contribution in [2.75, 3.05) is 4.72 Å². The second kappa shape index (κ2) is 5.83. The van der Waals surface area contributed by atoms with Crippen LogP contribution in [0.1, 0.15) is 11.1 Å². The smallest absolute Gasteiger partial charge is 0.261 e. The molecule has 2 rings (SSSR count). The highest BCUT2D eigenvalue weighted by Crippen LogP contribution is 2.22. The van der Waals surface area contributed by atoms with Crippen LogP contribution in [0.5, 0.6) is 0 Å². The fourth-order valence-corrected chi connectivity index (χ4v) is 3.04. The maximum atomic E-state index is 12.3. The van der Waals surface area contributed by atoms with Crippen molar-refractivity contribution in [1.29, 1.82) is 0 Å². The molecule has 0 radical (unpaired) electrons. The number of aliphatic hydroxyl groups is 1. The van der Waals surface area contributed by atoms with Crippen molar-refractivity contribution in [2.45, 2.75) is 18.4 Å². The van der Waals surface area contributed by atoms with Gasteiger partial charge in [0, 0.05) is 10.7 Å². The Morgan fingerprint density at radius 1 is 1.20 bits per heavy atom. The molecule has 0 saturated carbocycles. The first-order valence-corrected chi connectivity index (χ1v) is 7.77. The van der Waals surface area contributed by atoms with Crippen LogP contribution in [0.3, 0.4) is 0 Å². The summed E-state index contributed by atoms with van der Waals surface area (Å²) in [5.41, 5.74) is 1.82. The lowest BCUT2D eigenvalue weighted by Gasteiger charge is -2.10. The van der Waals surface area contributed by atoms with Crippen LogP contribution in [0.15, 0.2) is 47.4 Å². The second-order valence-corrected chi connectivity index (χ2v) is 6.48. The number of sulfonamides is 1. The predicted molar refractivity (Wildman–Crippen MR) is 79.4 cm³/mol. The molecule has 6 heteroatoms. The number of halogens is 1. The van der Waals surface area contributed by atoms with Crippen LogP contribution in [0.4, 0.5) is 5.69 Å². The number of nitrogens with one attached hydrogen (secondary N) is 1. The summed E-state index contributed by atoms with van der Waals surface area (Å²) in [7, 11) is -3.70. The number of aliphatic hydroxyl groups excluding tert-OH is 1. The Morgan fingerprint density at radius 3 is 2.60 bits per heavy atom. The van der Waals surface area contributed by atoms with Gasteiger partial charge in [-0.2, -0.15) is 0 Å². The summed E-state index contributed by atoms with van der Waals surface area (Å²) < 4.78 is 27.0. The fourth-order valence-electron chi connectivity index (χ4n) is 1.76. The van der Waals surface area contributed by atoms with E-state index >= 15 is 0 Å². The molecule has 0 saturated heterocycles. The lowest BCUT2D eigenvalue weighted by molar-refractivity contribution is 0.281. The predicted octanol–water partition coefficient (Wildman–Crippen LogP) is 2.94. The molecule has 0 amide bonds. The summed E-state index contributed by atoms with van der Waals surface area (Å²) in [5, 5.41) is 9.47. The van der Waals surface area contributed by atoms with Crippen LogP contribution in [0.25, 0.3) is 0 Å². The van der Waals surface area contributed by atoms with Gasteiger partial charge in [-0.1, -0.05) is 23.7 Å². The maximum Gasteiger partial charge on any atom is 0.261 e. The van der Waals surface area contributed by atoms with Crippen molar-refractivity contribution in [3.63, 3.8) is 0 Å². The topological polar surface area (TPSA) is 66.4 Å². The van der Waals surface area contributed by atoms with Crippen LogP contribution in [-0.4, -0.2) is 13.5 Å². The highest BCUT2D eigenvalue weighted by atomic mass is 35.5. The average molecular weight is 312 g/mol. The average Bonchev–Trinajstić information content (AvgIpc) is 2.38. The van der Waals surface area contributed by atoms with Gasteiger partial charge in [0.05, 0.1) is 11.5 Å². The minimum Gasteiger partial charge on any atom is -0.392 e. The van der Waals surface area contributed by atoms with E-state index in [2.05, 4.69) is 4.72 Å². The SMILES string of the molecule is Cc1cccc(NS(=O)(=O)c2ccc(Cl)c(CO)c2)c1. The Labute approximate surface area is 123 Å². The number of aryl methyl sites for hydroxylation is 1. The van der Waals surface area contributed by atoms with Gasteiger partial charge < -0.3 is 5.11 Å². The fraction of sp³-hybridized carbons (Fsp3) is 0.143. The van der Waals surface area contributed by atoms with Gasteiger partial charge in [-0.15, -0.1) is 0 Å². The zero-order valence-electron chi connectivity index (χ0n) is 10.8. The van der Waals surface area contributed by atoms with E-state index in [9.17, 15) is 8.42 Å². The van der Waals surface area contributed by atoms with Crippen LogP contribution >= 0.6 is 11.6 Å². The van der Waals surface area contributed by atoms with Crippen molar-refractivity contribution >= 4 is 27.3 Å². The van der Waals surface area contributed by atoms with Crippen molar-refractivity contribution < 1.29 is 13.5 Å². The first kappa shape index (κ1) is 14.8. The molecule has 0 aliphatic heterocycles. The molecule has 0 aromatic heterocycles. The van der Waals surface area contributed by atoms with Gasteiger partial charge in [0.15, 0.2) is 0 Å². The lowest BCUT2D eigenvalue weighted by Crippen LogP contribution is -2.13. The number of anilines is 1. The molecule has 0 bridgehead atoms. The molecule has 0 unspecified atom stereocenters. The first-order chi connectivity index (χ1) is 9.42. The summed E-state index contributed by atoms with van der Waals surface area (Å²) in [6.07, 6.45) is 0. The number of hydrogen-bond donors (Lipinski definition) is 2. The maximum absolute atomic E-state index is 12.3. The molecule has 0 spiro atoms. The monoisotopic (exact) mass is 311 g/mol. The van der Waals surface area contributed by atoms with Crippen molar-refractivity contribution in [3.05, 3.63) is 58.6 Å². The zero-order chi connectivity index (χ0) is 14.8. The third-order valence-corrected chi connectivity index (χ3v) is 4.52. The molecule has 0 aliphatic rings. The summed E-state index contributed by atoms with van der Waals surface area (Å²) in [6.45, 7) is 1.57. The normalized spacial score (nSPS) is 11.3. The summed E-state index contributed by atoms with van der Waals surface area (Å²) in [4.78, 5) is 0.0625. The van der Waals surface area contributed by atoms with E-state index in [1.165, 1.54) is 18.2 Å². The molecule has 0 aliphatic carbocycles. The van der Waals surface area contributed by atoms with Crippen molar-refractivity contribution in [3.8, 4) is 0 Å². The molecule has 2 aromatic rings. The minimum atomic E-state index is -3.70. The molecule has 106 valence electrons. The van der Waals surface area contributed by atoms with E-state index < -0.39 is 10.0 Å². The van der Waals surface area contributed by atoms with E-state index in [4.69, 9.17) is 16.7 Å². The van der Waals surface area contributed by atoms with Crippen LogP contribution in [0.2, 0.25) is 5.02 Å². The van der Waals surface area contributed by atoms with E-state index in [0.29, 0.717) is 16.3 Å². The molecule has 2 aromatic carbocycles. The molecule has 0 fully saturated rings. The Balaban J connectivity index is 2.35. The van der Waals surface area contributed by atoms with Gasteiger partial charge in [0.2, 0.25) is 0 Å². The number of rotatable bonds is 4. The Morgan fingerprint density at radius 2 is 1.95 bits per heavy atom. The standard InChI is InChI=1S/C14H14ClNO3S/c1-10-3-2-4-12(7-10)16-20(18,19)13-5-6-14(15)11(8-13)9-17/h2-8,16-17H,9H2,1H3. The molecule has 0 atom stereocenters. The molecular formula is C14H14ClNO3S. The number of hydrogen-bond acceptors (Lipinski definition) is 3. The van der Waals surface area contributed by atoms with Crippen LogP contribution < -0.4 is 4.72 Å². The zero-order valence-corrected chi connectivity index (χ0v) is 12.4. The number of benzene rings is 2. The third-order valence-electron chi connectivity index (χ3n) is 2.77. The van der Waals surface area contributed by atoms with Crippen LogP contribution in [-0.2, 0) is 16.6 Å². The molecular weight excluding hydrogens is 298 g/mol. The highest BCUT2D eigenvalue weighted by Gasteiger charge is 2.15. The molecule has 20 heavy (non-hydrogen) atoms. The van der Waals surface area contributed by atoms with E-state index in [0.717, 1.165) is 5.56 Å². The molecule has 4 nitrogen and oxygen atoms in total. The van der Waals surface area contributed by atoms with E-state index in [1.807, 2.05) is 13.0 Å². The second-order valence-electron chi connectivity index (χ2n) is 4.39.